The summed E-state index contributed by atoms with van der Waals surface area (Å²) in [4.78, 5) is 4.51. The van der Waals surface area contributed by atoms with E-state index in [2.05, 4.69) is 28.6 Å². The fourth-order valence-electron chi connectivity index (χ4n) is 2.48. The molecule has 0 radical (unpaired) electrons. The van der Waals surface area contributed by atoms with Crippen LogP contribution in [0.25, 0.3) is 11.0 Å². The number of unbranched alkanes of at least 4 members (excludes halogenated alkanes) is 2. The summed E-state index contributed by atoms with van der Waals surface area (Å²) in [5.41, 5.74) is 2.23. The van der Waals surface area contributed by atoms with Crippen LogP contribution in [0.5, 0.6) is 6.01 Å². The molecule has 1 aliphatic heterocycles. The Morgan fingerprint density at radius 2 is 2.24 bits per heavy atom. The van der Waals surface area contributed by atoms with Crippen LogP contribution in [0.4, 0.5) is 0 Å². The number of para-hydroxylation sites is 2. The lowest BCUT2D eigenvalue weighted by molar-refractivity contribution is 0.209. The van der Waals surface area contributed by atoms with Gasteiger partial charge in [-0.25, -0.2) is 0 Å². The number of hydrogen-bond acceptors (Lipinski definition) is 2. The number of aromatic nitrogens is 2. The molecular weight excluding hydrogens is 212 g/mol. The standard InChI is InChI=1S/C14H18N2O/c1-2-3-4-7-11-10-16-13-9-6-5-8-12(13)15-14(16)17-11/h5-6,8-9,11H,2-4,7,10H2,1H3. The molecule has 0 aliphatic carbocycles. The van der Waals surface area contributed by atoms with Gasteiger partial charge < -0.3 is 4.74 Å². The van der Waals surface area contributed by atoms with Crippen LogP contribution in [0.15, 0.2) is 24.3 Å². The molecule has 17 heavy (non-hydrogen) atoms. The minimum absolute atomic E-state index is 0.327. The van der Waals surface area contributed by atoms with Gasteiger partial charge in [-0.1, -0.05) is 31.9 Å². The minimum Gasteiger partial charge on any atom is -0.459 e. The van der Waals surface area contributed by atoms with Crippen LogP contribution in [0.1, 0.15) is 32.6 Å². The zero-order valence-corrected chi connectivity index (χ0v) is 10.2. The van der Waals surface area contributed by atoms with Crippen molar-refractivity contribution in [3.8, 4) is 6.01 Å². The highest BCUT2D eigenvalue weighted by Crippen LogP contribution is 2.29. The lowest BCUT2D eigenvalue weighted by Gasteiger charge is -2.08. The molecule has 1 aromatic carbocycles. The van der Waals surface area contributed by atoms with Crippen LogP contribution >= 0.6 is 0 Å². The zero-order chi connectivity index (χ0) is 11.7. The second kappa shape index (κ2) is 4.40. The fourth-order valence-corrected chi connectivity index (χ4v) is 2.48. The van der Waals surface area contributed by atoms with E-state index in [1.807, 2.05) is 12.1 Å². The van der Waals surface area contributed by atoms with E-state index in [1.54, 1.807) is 0 Å². The van der Waals surface area contributed by atoms with Crippen molar-refractivity contribution in [2.75, 3.05) is 0 Å². The maximum atomic E-state index is 5.89. The van der Waals surface area contributed by atoms with E-state index in [9.17, 15) is 0 Å². The average Bonchev–Trinajstić information content (AvgIpc) is 2.86. The van der Waals surface area contributed by atoms with Gasteiger partial charge >= 0.3 is 0 Å². The van der Waals surface area contributed by atoms with Gasteiger partial charge in [-0.15, -0.1) is 0 Å². The van der Waals surface area contributed by atoms with Gasteiger partial charge in [0.2, 0.25) is 0 Å². The SMILES string of the molecule is CCCCCC1Cn2c(nc3ccccc32)O1. The van der Waals surface area contributed by atoms with Crippen LogP contribution in [0.3, 0.4) is 0 Å². The largest absolute Gasteiger partial charge is 0.459 e. The molecule has 0 N–H and O–H groups in total. The Balaban J connectivity index is 1.75. The van der Waals surface area contributed by atoms with E-state index in [0.717, 1.165) is 24.5 Å². The Labute approximate surface area is 101 Å². The predicted octanol–water partition coefficient (Wildman–Crippen LogP) is 3.38. The topological polar surface area (TPSA) is 27.1 Å². The number of imidazole rings is 1. The molecule has 2 heterocycles. The molecule has 1 aromatic heterocycles. The maximum Gasteiger partial charge on any atom is 0.297 e. The van der Waals surface area contributed by atoms with Crippen LogP contribution in [0, 0.1) is 0 Å². The van der Waals surface area contributed by atoms with Gasteiger partial charge in [0.1, 0.15) is 6.10 Å². The Morgan fingerprint density at radius 1 is 1.35 bits per heavy atom. The van der Waals surface area contributed by atoms with Gasteiger partial charge in [-0.05, 0) is 25.0 Å². The van der Waals surface area contributed by atoms with Gasteiger partial charge in [-0.3, -0.25) is 4.57 Å². The van der Waals surface area contributed by atoms with Crippen LogP contribution in [0.2, 0.25) is 0 Å². The summed E-state index contributed by atoms with van der Waals surface area (Å²) in [6.45, 7) is 3.19. The van der Waals surface area contributed by atoms with Crippen LogP contribution < -0.4 is 4.74 Å². The van der Waals surface area contributed by atoms with Crippen molar-refractivity contribution in [1.82, 2.24) is 9.55 Å². The highest BCUT2D eigenvalue weighted by atomic mass is 16.5. The van der Waals surface area contributed by atoms with Gasteiger partial charge in [-0.2, -0.15) is 4.98 Å². The molecule has 0 bridgehead atoms. The van der Waals surface area contributed by atoms with Gasteiger partial charge in [0.25, 0.3) is 6.01 Å². The Bertz CT molecular complexity index is 518. The molecule has 2 aromatic rings. The van der Waals surface area contributed by atoms with Crippen molar-refractivity contribution in [1.29, 1.82) is 0 Å². The van der Waals surface area contributed by atoms with Crippen LogP contribution in [-0.2, 0) is 6.54 Å². The van der Waals surface area contributed by atoms with E-state index < -0.39 is 0 Å². The van der Waals surface area contributed by atoms with Crippen molar-refractivity contribution in [3.05, 3.63) is 24.3 Å². The molecule has 90 valence electrons. The van der Waals surface area contributed by atoms with E-state index in [-0.39, 0.29) is 0 Å². The normalized spacial score (nSPS) is 18.3. The summed E-state index contributed by atoms with van der Waals surface area (Å²) in [6.07, 6.45) is 5.28. The van der Waals surface area contributed by atoms with E-state index in [4.69, 9.17) is 4.74 Å². The summed E-state index contributed by atoms with van der Waals surface area (Å²) in [5.74, 6) is 0. The monoisotopic (exact) mass is 230 g/mol. The second-order valence-corrected chi connectivity index (χ2v) is 4.73. The van der Waals surface area contributed by atoms with Crippen LogP contribution in [-0.4, -0.2) is 15.7 Å². The van der Waals surface area contributed by atoms with Crippen molar-refractivity contribution >= 4 is 11.0 Å². The first-order valence-electron chi connectivity index (χ1n) is 6.50. The Hall–Kier alpha value is -1.51. The first kappa shape index (κ1) is 10.6. The maximum absolute atomic E-state index is 5.89. The number of hydrogen-bond donors (Lipinski definition) is 0. The predicted molar refractivity (Wildman–Crippen MR) is 68.3 cm³/mol. The number of nitrogens with zero attached hydrogens (tertiary/aromatic N) is 2. The molecule has 0 saturated carbocycles. The van der Waals surface area contributed by atoms with E-state index in [0.29, 0.717) is 6.10 Å². The number of benzene rings is 1. The molecule has 0 spiro atoms. The van der Waals surface area contributed by atoms with E-state index >= 15 is 0 Å². The van der Waals surface area contributed by atoms with Crippen molar-refractivity contribution in [2.24, 2.45) is 0 Å². The van der Waals surface area contributed by atoms with E-state index in [1.165, 1.54) is 24.8 Å². The molecule has 1 unspecified atom stereocenters. The zero-order valence-electron chi connectivity index (χ0n) is 10.2. The second-order valence-electron chi connectivity index (χ2n) is 4.73. The summed E-state index contributed by atoms with van der Waals surface area (Å²) < 4.78 is 8.09. The lowest BCUT2D eigenvalue weighted by atomic mass is 10.1. The number of ether oxygens (including phenoxy) is 1. The molecule has 1 atom stereocenters. The third kappa shape index (κ3) is 1.90. The Morgan fingerprint density at radius 3 is 3.12 bits per heavy atom. The highest BCUT2D eigenvalue weighted by molar-refractivity contribution is 5.76. The molecule has 1 aliphatic rings. The quantitative estimate of drug-likeness (QED) is 0.753. The highest BCUT2D eigenvalue weighted by Gasteiger charge is 2.25. The lowest BCUT2D eigenvalue weighted by Crippen LogP contribution is -2.14. The first-order valence-corrected chi connectivity index (χ1v) is 6.50. The molecule has 3 heteroatoms. The molecule has 3 nitrogen and oxygen atoms in total. The van der Waals surface area contributed by atoms with Crippen molar-refractivity contribution in [2.45, 2.75) is 45.3 Å². The van der Waals surface area contributed by atoms with Crippen molar-refractivity contribution < 1.29 is 4.74 Å². The van der Waals surface area contributed by atoms with Gasteiger partial charge in [0.05, 0.1) is 17.6 Å². The molecule has 0 amide bonds. The number of rotatable bonds is 4. The molecular formula is C14H18N2O. The summed E-state index contributed by atoms with van der Waals surface area (Å²) in [5, 5.41) is 0. The minimum atomic E-state index is 0.327. The molecule has 0 fully saturated rings. The average molecular weight is 230 g/mol. The van der Waals surface area contributed by atoms with Gasteiger partial charge in [0, 0.05) is 0 Å². The summed E-state index contributed by atoms with van der Waals surface area (Å²) >= 11 is 0. The smallest absolute Gasteiger partial charge is 0.297 e. The molecule has 0 saturated heterocycles. The Kier molecular flexibility index (Phi) is 2.75. The number of fused-ring (bicyclic) bond motifs is 3. The third-order valence-electron chi connectivity index (χ3n) is 3.41. The summed E-state index contributed by atoms with van der Waals surface area (Å²) in [7, 11) is 0. The third-order valence-corrected chi connectivity index (χ3v) is 3.41. The van der Waals surface area contributed by atoms with Crippen molar-refractivity contribution in [3.63, 3.8) is 0 Å². The molecule has 3 rings (SSSR count). The first-order chi connectivity index (χ1) is 8.38. The fraction of sp³-hybridized carbons (Fsp3) is 0.500. The van der Waals surface area contributed by atoms with Gasteiger partial charge in [0.15, 0.2) is 0 Å². The summed E-state index contributed by atoms with van der Waals surface area (Å²) in [6, 6.07) is 9.03.